The second kappa shape index (κ2) is 8.20. The standard InChI is InChI=1S/C24H21N3O3S/c1-16-3-12-23-22(15-16)24(13-14-25-23)27-19-6-10-21(11-7-19)31(29,30)20-8-4-18(5-9-20)26-17(2)28/h3-15H,1-2H3,(H,25,27)(H,26,28). The zero-order valence-corrected chi connectivity index (χ0v) is 17.9. The summed E-state index contributed by atoms with van der Waals surface area (Å²) < 4.78 is 25.9. The van der Waals surface area contributed by atoms with Crippen LogP contribution in [0.4, 0.5) is 17.1 Å². The highest BCUT2D eigenvalue weighted by molar-refractivity contribution is 7.91. The van der Waals surface area contributed by atoms with Crippen molar-refractivity contribution in [3.8, 4) is 0 Å². The number of pyridine rings is 1. The van der Waals surface area contributed by atoms with E-state index in [1.54, 1.807) is 42.6 Å². The number of nitrogens with one attached hydrogen (secondary N) is 2. The Balaban J connectivity index is 1.58. The van der Waals surface area contributed by atoms with E-state index in [9.17, 15) is 13.2 Å². The highest BCUT2D eigenvalue weighted by Crippen LogP contribution is 2.28. The minimum absolute atomic E-state index is 0.165. The van der Waals surface area contributed by atoms with Gasteiger partial charge in [0.1, 0.15) is 0 Å². The molecule has 1 heterocycles. The maximum Gasteiger partial charge on any atom is 0.221 e. The Morgan fingerprint density at radius 1 is 0.839 bits per heavy atom. The number of anilines is 3. The van der Waals surface area contributed by atoms with Crippen LogP contribution in [0.5, 0.6) is 0 Å². The summed E-state index contributed by atoms with van der Waals surface area (Å²) in [5, 5.41) is 6.97. The van der Waals surface area contributed by atoms with Crippen LogP contribution in [0.2, 0.25) is 0 Å². The zero-order valence-electron chi connectivity index (χ0n) is 17.1. The van der Waals surface area contributed by atoms with E-state index >= 15 is 0 Å². The largest absolute Gasteiger partial charge is 0.355 e. The van der Waals surface area contributed by atoms with Crippen molar-refractivity contribution in [2.24, 2.45) is 0 Å². The number of sulfone groups is 1. The molecule has 3 aromatic carbocycles. The van der Waals surface area contributed by atoms with E-state index in [0.29, 0.717) is 5.69 Å². The Hall–Kier alpha value is -3.71. The second-order valence-corrected chi connectivity index (χ2v) is 9.19. The molecule has 7 heteroatoms. The summed E-state index contributed by atoms with van der Waals surface area (Å²) >= 11 is 0. The third-order valence-electron chi connectivity index (χ3n) is 4.83. The molecule has 0 bridgehead atoms. The van der Waals surface area contributed by atoms with E-state index in [4.69, 9.17) is 0 Å². The molecule has 0 aliphatic heterocycles. The third kappa shape index (κ3) is 4.41. The number of nitrogens with zero attached hydrogens (tertiary/aromatic N) is 1. The van der Waals surface area contributed by atoms with E-state index in [0.717, 1.165) is 27.8 Å². The van der Waals surface area contributed by atoms with E-state index in [2.05, 4.69) is 21.7 Å². The fourth-order valence-corrected chi connectivity index (χ4v) is 4.56. The molecule has 0 spiro atoms. The number of hydrogen-bond donors (Lipinski definition) is 2. The van der Waals surface area contributed by atoms with Crippen LogP contribution in [0.15, 0.2) is 88.8 Å². The topological polar surface area (TPSA) is 88.2 Å². The molecule has 156 valence electrons. The van der Waals surface area contributed by atoms with Crippen molar-refractivity contribution in [3.63, 3.8) is 0 Å². The van der Waals surface area contributed by atoms with Crippen LogP contribution >= 0.6 is 0 Å². The van der Waals surface area contributed by atoms with Crippen molar-refractivity contribution in [2.45, 2.75) is 23.6 Å². The van der Waals surface area contributed by atoms with Gasteiger partial charge in [-0.3, -0.25) is 9.78 Å². The van der Waals surface area contributed by atoms with Crippen LogP contribution in [-0.2, 0) is 14.6 Å². The van der Waals surface area contributed by atoms with Crippen molar-refractivity contribution >= 4 is 43.7 Å². The predicted molar refractivity (Wildman–Crippen MR) is 122 cm³/mol. The molecule has 2 N–H and O–H groups in total. The van der Waals surface area contributed by atoms with Crippen LogP contribution in [0.25, 0.3) is 10.9 Å². The smallest absolute Gasteiger partial charge is 0.221 e. The second-order valence-electron chi connectivity index (χ2n) is 7.24. The van der Waals surface area contributed by atoms with Gasteiger partial charge in [0.25, 0.3) is 0 Å². The first kappa shape index (κ1) is 20.6. The molecule has 1 amide bonds. The average Bonchev–Trinajstić information content (AvgIpc) is 2.74. The molecule has 0 unspecified atom stereocenters. The number of carbonyl (C=O) groups excluding carboxylic acids is 1. The van der Waals surface area contributed by atoms with E-state index < -0.39 is 9.84 Å². The molecule has 6 nitrogen and oxygen atoms in total. The fourth-order valence-electron chi connectivity index (χ4n) is 3.30. The van der Waals surface area contributed by atoms with Gasteiger partial charge in [0.15, 0.2) is 0 Å². The van der Waals surface area contributed by atoms with Crippen molar-refractivity contribution < 1.29 is 13.2 Å². The summed E-state index contributed by atoms with van der Waals surface area (Å²) in [5.74, 6) is -0.212. The van der Waals surface area contributed by atoms with E-state index in [1.165, 1.54) is 19.1 Å². The van der Waals surface area contributed by atoms with Crippen LogP contribution in [0.3, 0.4) is 0 Å². The Morgan fingerprint density at radius 3 is 2.06 bits per heavy atom. The molecular formula is C24H21N3O3S. The maximum atomic E-state index is 12.9. The van der Waals surface area contributed by atoms with Gasteiger partial charge in [-0.15, -0.1) is 0 Å². The van der Waals surface area contributed by atoms with Gasteiger partial charge in [0.05, 0.1) is 15.3 Å². The predicted octanol–water partition coefficient (Wildman–Crippen LogP) is 5.08. The number of hydrogen-bond acceptors (Lipinski definition) is 5. The lowest BCUT2D eigenvalue weighted by Crippen LogP contribution is -2.06. The van der Waals surface area contributed by atoms with Crippen LogP contribution < -0.4 is 10.6 Å². The monoisotopic (exact) mass is 431 g/mol. The number of benzene rings is 3. The molecule has 4 aromatic rings. The zero-order chi connectivity index (χ0) is 22.0. The quantitative estimate of drug-likeness (QED) is 0.460. The lowest BCUT2D eigenvalue weighted by atomic mass is 10.1. The van der Waals surface area contributed by atoms with Crippen LogP contribution in [0.1, 0.15) is 12.5 Å². The SMILES string of the molecule is CC(=O)Nc1ccc(S(=O)(=O)c2ccc(Nc3ccnc4ccc(C)cc34)cc2)cc1. The van der Waals surface area contributed by atoms with E-state index in [1.807, 2.05) is 25.1 Å². The van der Waals surface area contributed by atoms with Gasteiger partial charge in [0.2, 0.25) is 15.7 Å². The molecule has 0 aliphatic rings. The van der Waals surface area contributed by atoms with E-state index in [-0.39, 0.29) is 15.7 Å². The van der Waals surface area contributed by atoms with Gasteiger partial charge in [0, 0.05) is 35.6 Å². The molecule has 0 fully saturated rings. The number of amides is 1. The van der Waals surface area contributed by atoms with Gasteiger partial charge in [-0.2, -0.15) is 0 Å². The summed E-state index contributed by atoms with van der Waals surface area (Å²) in [5.41, 5.74) is 4.24. The van der Waals surface area contributed by atoms with Crippen molar-refractivity contribution in [1.82, 2.24) is 4.98 Å². The average molecular weight is 432 g/mol. The normalized spacial score (nSPS) is 11.3. The Morgan fingerprint density at radius 2 is 1.45 bits per heavy atom. The summed E-state index contributed by atoms with van der Waals surface area (Å²) in [6, 6.07) is 20.7. The van der Waals surface area contributed by atoms with Crippen molar-refractivity contribution in [3.05, 3.63) is 84.6 Å². The molecule has 4 rings (SSSR count). The molecule has 0 saturated heterocycles. The lowest BCUT2D eigenvalue weighted by Gasteiger charge is -2.11. The highest BCUT2D eigenvalue weighted by Gasteiger charge is 2.17. The number of fused-ring (bicyclic) bond motifs is 1. The van der Waals surface area contributed by atoms with Crippen LogP contribution in [-0.4, -0.2) is 19.3 Å². The maximum absolute atomic E-state index is 12.9. The summed E-state index contributed by atoms with van der Waals surface area (Å²) in [6.45, 7) is 3.43. The van der Waals surface area contributed by atoms with Gasteiger partial charge in [-0.05, 0) is 73.7 Å². The summed E-state index contributed by atoms with van der Waals surface area (Å²) in [7, 11) is -3.66. The Bertz CT molecular complexity index is 1360. The number of rotatable bonds is 5. The van der Waals surface area contributed by atoms with Gasteiger partial charge in [-0.1, -0.05) is 11.6 Å². The number of carbonyl (C=O) groups is 1. The third-order valence-corrected chi connectivity index (χ3v) is 6.61. The van der Waals surface area contributed by atoms with Crippen molar-refractivity contribution in [2.75, 3.05) is 10.6 Å². The minimum atomic E-state index is -3.66. The molecule has 31 heavy (non-hydrogen) atoms. The molecule has 0 saturated carbocycles. The Labute approximate surface area is 180 Å². The molecular weight excluding hydrogens is 410 g/mol. The molecule has 0 atom stereocenters. The van der Waals surface area contributed by atoms with Gasteiger partial charge in [-0.25, -0.2) is 8.42 Å². The first-order valence-corrected chi connectivity index (χ1v) is 11.2. The highest BCUT2D eigenvalue weighted by atomic mass is 32.2. The molecule has 1 aromatic heterocycles. The molecule has 0 aliphatic carbocycles. The molecule has 0 radical (unpaired) electrons. The van der Waals surface area contributed by atoms with Gasteiger partial charge >= 0.3 is 0 Å². The first-order valence-electron chi connectivity index (χ1n) is 9.68. The summed E-state index contributed by atoms with van der Waals surface area (Å²) in [4.78, 5) is 15.9. The Kier molecular flexibility index (Phi) is 5.44. The van der Waals surface area contributed by atoms with Gasteiger partial charge < -0.3 is 10.6 Å². The number of aryl methyl sites for hydroxylation is 1. The van der Waals surface area contributed by atoms with Crippen molar-refractivity contribution in [1.29, 1.82) is 0 Å². The van der Waals surface area contributed by atoms with Crippen LogP contribution in [0, 0.1) is 6.92 Å². The number of aromatic nitrogens is 1. The minimum Gasteiger partial charge on any atom is -0.355 e. The fraction of sp³-hybridized carbons (Fsp3) is 0.0833. The summed E-state index contributed by atoms with van der Waals surface area (Å²) in [6.07, 6.45) is 1.74. The lowest BCUT2D eigenvalue weighted by molar-refractivity contribution is -0.114. The first-order chi connectivity index (χ1) is 14.8.